The predicted octanol–water partition coefficient (Wildman–Crippen LogP) is 1.08. The van der Waals surface area contributed by atoms with E-state index < -0.39 is 0 Å². The molecule has 1 atom stereocenters. The van der Waals surface area contributed by atoms with Gasteiger partial charge in [0, 0.05) is 24.8 Å². The summed E-state index contributed by atoms with van der Waals surface area (Å²) >= 11 is 0. The Labute approximate surface area is 83.0 Å². The van der Waals surface area contributed by atoms with Gasteiger partial charge in [0.2, 0.25) is 0 Å². The first-order valence-electron chi connectivity index (χ1n) is 4.48. The van der Waals surface area contributed by atoms with E-state index in [0.29, 0.717) is 5.69 Å². The molecule has 1 unspecified atom stereocenters. The molecule has 1 aromatic heterocycles. The quantitative estimate of drug-likeness (QED) is 0.704. The van der Waals surface area contributed by atoms with Gasteiger partial charge in [0.05, 0.1) is 6.61 Å². The Hall–Kier alpha value is -1.42. The molecule has 0 aromatic carbocycles. The van der Waals surface area contributed by atoms with Crippen LogP contribution in [0.2, 0.25) is 0 Å². The monoisotopic (exact) mass is 194 g/mol. The first kappa shape index (κ1) is 10.7. The highest BCUT2D eigenvalue weighted by atomic mass is 16.3. The number of nitrogens with one attached hydrogen (secondary N) is 1. The van der Waals surface area contributed by atoms with Crippen molar-refractivity contribution >= 4 is 11.5 Å². The Balaban J connectivity index is 2.78. The summed E-state index contributed by atoms with van der Waals surface area (Å²) in [6.07, 6.45) is 1.57. The van der Waals surface area contributed by atoms with Gasteiger partial charge in [0.15, 0.2) is 5.78 Å². The third-order valence-electron chi connectivity index (χ3n) is 1.81. The van der Waals surface area contributed by atoms with Crippen molar-refractivity contribution in [2.45, 2.75) is 19.9 Å². The van der Waals surface area contributed by atoms with Crippen LogP contribution in [0, 0.1) is 0 Å². The Kier molecular flexibility index (Phi) is 3.59. The van der Waals surface area contributed by atoms with Gasteiger partial charge in [0.25, 0.3) is 0 Å². The molecule has 0 saturated carbocycles. The normalized spacial score (nSPS) is 12.2. The van der Waals surface area contributed by atoms with Crippen molar-refractivity contribution in [3.05, 3.63) is 24.0 Å². The lowest BCUT2D eigenvalue weighted by molar-refractivity contribution is 0.101. The average molecular weight is 194 g/mol. The Morgan fingerprint density at radius 3 is 3.00 bits per heavy atom. The topological polar surface area (TPSA) is 62.2 Å². The lowest BCUT2D eigenvalue weighted by Gasteiger charge is -2.12. The Morgan fingerprint density at radius 2 is 2.43 bits per heavy atom. The van der Waals surface area contributed by atoms with Gasteiger partial charge in [-0.25, -0.2) is 0 Å². The second kappa shape index (κ2) is 4.72. The second-order valence-corrected chi connectivity index (χ2v) is 3.21. The molecule has 4 heteroatoms. The minimum Gasteiger partial charge on any atom is -0.394 e. The SMILES string of the molecule is CC(=O)c1cc(NC(C)CO)ccn1. The maximum Gasteiger partial charge on any atom is 0.178 e. The van der Waals surface area contributed by atoms with Crippen molar-refractivity contribution < 1.29 is 9.90 Å². The highest BCUT2D eigenvalue weighted by Gasteiger charge is 2.03. The molecule has 2 N–H and O–H groups in total. The summed E-state index contributed by atoms with van der Waals surface area (Å²) in [6.45, 7) is 3.38. The Bertz CT molecular complexity index is 326. The van der Waals surface area contributed by atoms with E-state index in [-0.39, 0.29) is 18.4 Å². The molecule has 0 amide bonds. The molecule has 1 aromatic rings. The van der Waals surface area contributed by atoms with Crippen LogP contribution in [0.5, 0.6) is 0 Å². The maximum atomic E-state index is 11.0. The van der Waals surface area contributed by atoms with E-state index in [4.69, 9.17) is 5.11 Å². The molecule has 14 heavy (non-hydrogen) atoms. The van der Waals surface area contributed by atoms with Crippen LogP contribution in [0.4, 0.5) is 5.69 Å². The third-order valence-corrected chi connectivity index (χ3v) is 1.81. The second-order valence-electron chi connectivity index (χ2n) is 3.21. The number of carbonyl (C=O) groups is 1. The average Bonchev–Trinajstić information content (AvgIpc) is 2.18. The number of ketones is 1. The van der Waals surface area contributed by atoms with Crippen LogP contribution in [0.25, 0.3) is 0 Å². The predicted molar refractivity (Wildman–Crippen MR) is 54.4 cm³/mol. The summed E-state index contributed by atoms with van der Waals surface area (Å²) in [5.74, 6) is -0.0645. The van der Waals surface area contributed by atoms with E-state index >= 15 is 0 Å². The lowest BCUT2D eigenvalue weighted by atomic mass is 10.2. The minimum absolute atomic E-state index is 0.0304. The number of anilines is 1. The molecule has 0 aliphatic rings. The van der Waals surface area contributed by atoms with Gasteiger partial charge in [-0.1, -0.05) is 0 Å². The van der Waals surface area contributed by atoms with E-state index in [1.54, 1.807) is 18.3 Å². The molecule has 0 saturated heterocycles. The smallest absolute Gasteiger partial charge is 0.178 e. The van der Waals surface area contributed by atoms with E-state index in [2.05, 4.69) is 10.3 Å². The van der Waals surface area contributed by atoms with Gasteiger partial charge in [-0.3, -0.25) is 9.78 Å². The molecule has 0 bridgehead atoms. The van der Waals surface area contributed by atoms with Crippen molar-refractivity contribution in [1.82, 2.24) is 4.98 Å². The largest absolute Gasteiger partial charge is 0.394 e. The van der Waals surface area contributed by atoms with E-state index in [1.165, 1.54) is 6.92 Å². The van der Waals surface area contributed by atoms with Crippen LogP contribution in [0.15, 0.2) is 18.3 Å². The number of carbonyl (C=O) groups excluding carboxylic acids is 1. The summed E-state index contributed by atoms with van der Waals surface area (Å²) in [7, 11) is 0. The van der Waals surface area contributed by atoms with Crippen LogP contribution in [-0.4, -0.2) is 28.5 Å². The van der Waals surface area contributed by atoms with Crippen molar-refractivity contribution in [2.75, 3.05) is 11.9 Å². The van der Waals surface area contributed by atoms with Gasteiger partial charge < -0.3 is 10.4 Å². The van der Waals surface area contributed by atoms with E-state index in [1.807, 2.05) is 6.92 Å². The molecule has 76 valence electrons. The molecular formula is C10H14N2O2. The first-order chi connectivity index (χ1) is 6.63. The highest BCUT2D eigenvalue weighted by Crippen LogP contribution is 2.09. The zero-order valence-electron chi connectivity index (χ0n) is 8.32. The van der Waals surface area contributed by atoms with Crippen molar-refractivity contribution in [2.24, 2.45) is 0 Å². The minimum atomic E-state index is -0.0645. The van der Waals surface area contributed by atoms with Crippen LogP contribution in [0.1, 0.15) is 24.3 Å². The first-order valence-corrected chi connectivity index (χ1v) is 4.48. The highest BCUT2D eigenvalue weighted by molar-refractivity contribution is 5.92. The number of rotatable bonds is 4. The van der Waals surface area contributed by atoms with Gasteiger partial charge >= 0.3 is 0 Å². The van der Waals surface area contributed by atoms with Gasteiger partial charge in [0.1, 0.15) is 5.69 Å². The molecule has 0 aliphatic heterocycles. The van der Waals surface area contributed by atoms with Gasteiger partial charge in [-0.2, -0.15) is 0 Å². The van der Waals surface area contributed by atoms with Crippen LogP contribution < -0.4 is 5.32 Å². The molecule has 0 spiro atoms. The number of nitrogens with zero attached hydrogens (tertiary/aromatic N) is 1. The van der Waals surface area contributed by atoms with E-state index in [9.17, 15) is 4.79 Å². The van der Waals surface area contributed by atoms with Gasteiger partial charge in [-0.15, -0.1) is 0 Å². The molecule has 1 heterocycles. The van der Waals surface area contributed by atoms with Gasteiger partial charge in [-0.05, 0) is 19.1 Å². The fourth-order valence-corrected chi connectivity index (χ4v) is 1.04. The lowest BCUT2D eigenvalue weighted by Crippen LogP contribution is -2.19. The summed E-state index contributed by atoms with van der Waals surface area (Å²) < 4.78 is 0. The summed E-state index contributed by atoms with van der Waals surface area (Å²) in [4.78, 5) is 14.9. The number of pyridine rings is 1. The van der Waals surface area contributed by atoms with Crippen LogP contribution in [-0.2, 0) is 0 Å². The van der Waals surface area contributed by atoms with Crippen LogP contribution in [0.3, 0.4) is 0 Å². The number of hydrogen-bond acceptors (Lipinski definition) is 4. The maximum absolute atomic E-state index is 11.0. The molecule has 1 rings (SSSR count). The van der Waals surface area contributed by atoms with Crippen molar-refractivity contribution in [3.8, 4) is 0 Å². The summed E-state index contributed by atoms with van der Waals surface area (Å²) in [6, 6.07) is 3.41. The standard InChI is InChI=1S/C10H14N2O2/c1-7(6-13)12-9-3-4-11-10(5-9)8(2)14/h3-5,7,13H,6H2,1-2H3,(H,11,12). The molecule has 0 aliphatic carbocycles. The number of Topliss-reactive ketones (excluding diaryl/α,β-unsaturated/α-hetero) is 1. The fourth-order valence-electron chi connectivity index (χ4n) is 1.04. The molecule has 4 nitrogen and oxygen atoms in total. The summed E-state index contributed by atoms with van der Waals surface area (Å²) in [5, 5.41) is 11.9. The molecule has 0 fully saturated rings. The van der Waals surface area contributed by atoms with Crippen molar-refractivity contribution in [1.29, 1.82) is 0 Å². The van der Waals surface area contributed by atoms with Crippen molar-refractivity contribution in [3.63, 3.8) is 0 Å². The number of aliphatic hydroxyl groups excluding tert-OH is 1. The molecule has 0 radical (unpaired) electrons. The number of aliphatic hydroxyl groups is 1. The van der Waals surface area contributed by atoms with E-state index in [0.717, 1.165) is 5.69 Å². The zero-order chi connectivity index (χ0) is 10.6. The molecular weight excluding hydrogens is 180 g/mol. The fraction of sp³-hybridized carbons (Fsp3) is 0.400. The third kappa shape index (κ3) is 2.81. The number of hydrogen-bond donors (Lipinski definition) is 2. The summed E-state index contributed by atoms with van der Waals surface area (Å²) in [5.41, 5.74) is 1.23. The number of aromatic nitrogens is 1. The zero-order valence-corrected chi connectivity index (χ0v) is 8.32. The Morgan fingerprint density at radius 1 is 1.71 bits per heavy atom. The van der Waals surface area contributed by atoms with Crippen LogP contribution >= 0.6 is 0 Å².